The summed E-state index contributed by atoms with van der Waals surface area (Å²) in [5.41, 5.74) is 0.741. The minimum absolute atomic E-state index is 0.0143. The molecule has 0 radical (unpaired) electrons. The van der Waals surface area contributed by atoms with E-state index in [-0.39, 0.29) is 29.7 Å². The number of carbonyl (C=O) groups excluding carboxylic acids is 3. The Morgan fingerprint density at radius 3 is 2.43 bits per heavy atom. The number of likely N-dealkylation sites (tertiary alicyclic amines) is 2. The Morgan fingerprint density at radius 1 is 1.10 bits per heavy atom. The molecule has 1 aromatic heterocycles. The highest BCUT2D eigenvalue weighted by atomic mass is 16.2. The molecule has 3 atom stereocenters. The van der Waals surface area contributed by atoms with Crippen LogP contribution >= 0.6 is 0 Å². The van der Waals surface area contributed by atoms with Crippen LogP contribution in [0.2, 0.25) is 0 Å². The minimum atomic E-state index is -0.694. The fourth-order valence-corrected chi connectivity index (χ4v) is 5.11. The highest BCUT2D eigenvalue weighted by Crippen LogP contribution is 2.47. The molecule has 8 nitrogen and oxygen atoms in total. The van der Waals surface area contributed by atoms with E-state index in [1.54, 1.807) is 35.8 Å². The Kier molecular flexibility index (Phi) is 5.09. The zero-order valence-electron chi connectivity index (χ0n) is 17.5. The SMILES string of the molecule is CC(=O)N[C@@]12CN(C(=O)c3ccn(C)n3)CC[C@@H]1[C@@H](c1ccccc1)N(C(C)=O)C2. The van der Waals surface area contributed by atoms with Crippen LogP contribution in [0, 0.1) is 5.92 Å². The molecule has 0 unspecified atom stereocenters. The van der Waals surface area contributed by atoms with Crippen LogP contribution in [0.1, 0.15) is 42.4 Å². The fourth-order valence-electron chi connectivity index (χ4n) is 5.11. The first-order valence-corrected chi connectivity index (χ1v) is 10.2. The van der Waals surface area contributed by atoms with E-state index < -0.39 is 5.54 Å². The van der Waals surface area contributed by atoms with E-state index in [4.69, 9.17) is 0 Å². The molecule has 2 saturated heterocycles. The average molecular weight is 409 g/mol. The van der Waals surface area contributed by atoms with Crippen molar-refractivity contribution in [2.45, 2.75) is 31.8 Å². The lowest BCUT2D eigenvalue weighted by Gasteiger charge is -2.45. The summed E-state index contributed by atoms with van der Waals surface area (Å²) >= 11 is 0. The quantitative estimate of drug-likeness (QED) is 0.829. The van der Waals surface area contributed by atoms with Crippen LogP contribution < -0.4 is 5.32 Å². The van der Waals surface area contributed by atoms with Crippen LogP contribution in [0.25, 0.3) is 0 Å². The van der Waals surface area contributed by atoms with E-state index in [1.807, 2.05) is 35.2 Å². The summed E-state index contributed by atoms with van der Waals surface area (Å²) in [6, 6.07) is 11.5. The van der Waals surface area contributed by atoms with E-state index in [0.717, 1.165) is 5.56 Å². The second-order valence-corrected chi connectivity index (χ2v) is 8.34. The van der Waals surface area contributed by atoms with Gasteiger partial charge in [-0.1, -0.05) is 30.3 Å². The molecule has 4 rings (SSSR count). The molecule has 0 aliphatic carbocycles. The highest BCUT2D eigenvalue weighted by Gasteiger charge is 2.57. The van der Waals surface area contributed by atoms with Crippen molar-refractivity contribution in [1.82, 2.24) is 24.9 Å². The molecule has 3 amide bonds. The largest absolute Gasteiger partial charge is 0.347 e. The van der Waals surface area contributed by atoms with Gasteiger partial charge in [-0.15, -0.1) is 0 Å². The second kappa shape index (κ2) is 7.59. The molecule has 2 aliphatic heterocycles. The van der Waals surface area contributed by atoms with Gasteiger partial charge < -0.3 is 15.1 Å². The zero-order valence-corrected chi connectivity index (χ0v) is 17.5. The molecule has 1 aromatic carbocycles. The third-order valence-electron chi connectivity index (χ3n) is 6.25. The summed E-state index contributed by atoms with van der Waals surface area (Å²) in [7, 11) is 1.77. The highest BCUT2D eigenvalue weighted by molar-refractivity contribution is 5.92. The van der Waals surface area contributed by atoms with Crippen molar-refractivity contribution >= 4 is 17.7 Å². The van der Waals surface area contributed by atoms with Gasteiger partial charge >= 0.3 is 0 Å². The number of nitrogens with one attached hydrogen (secondary N) is 1. The van der Waals surface area contributed by atoms with Crippen LogP contribution in [0.5, 0.6) is 0 Å². The number of rotatable bonds is 3. The number of benzene rings is 1. The van der Waals surface area contributed by atoms with E-state index in [2.05, 4.69) is 10.4 Å². The molecule has 2 fully saturated rings. The first kappa shape index (κ1) is 20.1. The van der Waals surface area contributed by atoms with Gasteiger partial charge in [0.2, 0.25) is 11.8 Å². The van der Waals surface area contributed by atoms with Gasteiger partial charge in [0.15, 0.2) is 0 Å². The van der Waals surface area contributed by atoms with E-state index in [9.17, 15) is 14.4 Å². The number of aromatic nitrogens is 2. The Hall–Kier alpha value is -3.16. The number of hydrogen-bond acceptors (Lipinski definition) is 4. The van der Waals surface area contributed by atoms with E-state index in [0.29, 0.717) is 31.7 Å². The number of fused-ring (bicyclic) bond motifs is 1. The molecular weight excluding hydrogens is 382 g/mol. The van der Waals surface area contributed by atoms with Gasteiger partial charge in [0.1, 0.15) is 5.69 Å². The molecule has 0 saturated carbocycles. The maximum atomic E-state index is 13.1. The maximum Gasteiger partial charge on any atom is 0.274 e. The van der Waals surface area contributed by atoms with Crippen molar-refractivity contribution in [3.05, 3.63) is 53.9 Å². The summed E-state index contributed by atoms with van der Waals surface area (Å²) < 4.78 is 1.60. The van der Waals surface area contributed by atoms with Gasteiger partial charge in [0.25, 0.3) is 5.91 Å². The monoisotopic (exact) mass is 409 g/mol. The molecule has 3 heterocycles. The molecular formula is C22H27N5O3. The summed E-state index contributed by atoms with van der Waals surface area (Å²) in [5, 5.41) is 7.37. The summed E-state index contributed by atoms with van der Waals surface area (Å²) in [6.45, 7) is 4.32. The molecule has 0 spiro atoms. The predicted octanol–water partition coefficient (Wildman–Crippen LogP) is 1.36. The lowest BCUT2D eigenvalue weighted by Crippen LogP contribution is -2.64. The molecule has 30 heavy (non-hydrogen) atoms. The van der Waals surface area contributed by atoms with Crippen molar-refractivity contribution in [2.75, 3.05) is 19.6 Å². The molecule has 158 valence electrons. The van der Waals surface area contributed by atoms with Crippen molar-refractivity contribution in [2.24, 2.45) is 13.0 Å². The normalized spacial score (nSPS) is 25.7. The second-order valence-electron chi connectivity index (χ2n) is 8.34. The number of amides is 3. The summed E-state index contributed by atoms with van der Waals surface area (Å²) in [5.74, 6) is -0.341. The smallest absolute Gasteiger partial charge is 0.274 e. The predicted molar refractivity (Wildman–Crippen MR) is 110 cm³/mol. The summed E-state index contributed by atoms with van der Waals surface area (Å²) in [6.07, 6.45) is 2.42. The molecule has 1 N–H and O–H groups in total. The van der Waals surface area contributed by atoms with Crippen molar-refractivity contribution in [3.63, 3.8) is 0 Å². The van der Waals surface area contributed by atoms with Crippen LogP contribution in [0.4, 0.5) is 0 Å². The number of hydrogen-bond donors (Lipinski definition) is 1. The van der Waals surface area contributed by atoms with E-state index >= 15 is 0 Å². The van der Waals surface area contributed by atoms with Gasteiger partial charge in [-0.3, -0.25) is 19.1 Å². The van der Waals surface area contributed by atoms with Crippen molar-refractivity contribution in [3.8, 4) is 0 Å². The third kappa shape index (κ3) is 3.46. The molecule has 8 heteroatoms. The molecule has 2 aromatic rings. The number of piperidine rings is 1. The fraction of sp³-hybridized carbons (Fsp3) is 0.455. The maximum absolute atomic E-state index is 13.1. The van der Waals surface area contributed by atoms with Gasteiger partial charge in [-0.2, -0.15) is 5.10 Å². The minimum Gasteiger partial charge on any atom is -0.347 e. The van der Waals surface area contributed by atoms with Crippen LogP contribution in [-0.4, -0.2) is 62.5 Å². The van der Waals surface area contributed by atoms with Crippen LogP contribution in [-0.2, 0) is 16.6 Å². The first-order valence-electron chi connectivity index (χ1n) is 10.2. The lowest BCUT2D eigenvalue weighted by molar-refractivity contribution is -0.130. The Morgan fingerprint density at radius 2 is 1.83 bits per heavy atom. The standard InChI is InChI=1S/C22H27N5O3/c1-15(28)23-22-13-26(21(30)19-10-11-25(3)24-19)12-9-18(22)20(27(14-22)16(2)29)17-7-5-4-6-8-17/h4-8,10-11,18,20H,9,12-14H2,1-3H3,(H,23,28)/t18-,20-,22-/m1/s1. The van der Waals surface area contributed by atoms with Crippen molar-refractivity contribution in [1.29, 1.82) is 0 Å². The third-order valence-corrected chi connectivity index (χ3v) is 6.25. The Balaban J connectivity index is 1.70. The average Bonchev–Trinajstić information content (AvgIpc) is 3.28. The first-order chi connectivity index (χ1) is 14.3. The topological polar surface area (TPSA) is 87.5 Å². The Bertz CT molecular complexity index is 972. The van der Waals surface area contributed by atoms with Gasteiger partial charge in [-0.05, 0) is 18.1 Å². The van der Waals surface area contributed by atoms with Crippen molar-refractivity contribution < 1.29 is 14.4 Å². The van der Waals surface area contributed by atoms with Gasteiger partial charge in [0, 0.05) is 52.6 Å². The van der Waals surface area contributed by atoms with E-state index in [1.165, 1.54) is 6.92 Å². The molecule has 0 bridgehead atoms. The number of carbonyl (C=O) groups is 3. The summed E-state index contributed by atoms with van der Waals surface area (Å²) in [4.78, 5) is 41.4. The van der Waals surface area contributed by atoms with Crippen LogP contribution in [0.15, 0.2) is 42.6 Å². The van der Waals surface area contributed by atoms with Gasteiger partial charge in [0.05, 0.1) is 11.6 Å². The Labute approximate surface area is 175 Å². The van der Waals surface area contributed by atoms with Crippen LogP contribution in [0.3, 0.4) is 0 Å². The lowest BCUT2D eigenvalue weighted by atomic mass is 9.75. The number of nitrogens with zero attached hydrogens (tertiary/aromatic N) is 4. The number of aryl methyl sites for hydroxylation is 1. The van der Waals surface area contributed by atoms with Gasteiger partial charge in [-0.25, -0.2) is 0 Å². The zero-order chi connectivity index (χ0) is 21.5. The molecule has 2 aliphatic rings.